The zero-order valence-electron chi connectivity index (χ0n) is 18.9. The average molecular weight is 456 g/mol. The van der Waals surface area contributed by atoms with Crippen molar-refractivity contribution in [3.05, 3.63) is 95.1 Å². The molecule has 0 aliphatic rings. The number of para-hydroxylation sites is 1. The lowest BCUT2D eigenvalue weighted by atomic mass is 10.1. The van der Waals surface area contributed by atoms with Crippen molar-refractivity contribution in [1.29, 1.82) is 5.26 Å². The van der Waals surface area contributed by atoms with Gasteiger partial charge in [-0.3, -0.25) is 4.79 Å². The molecule has 0 spiro atoms. The zero-order valence-corrected chi connectivity index (χ0v) is 18.9. The summed E-state index contributed by atoms with van der Waals surface area (Å²) in [6.45, 7) is 1.92. The molecule has 34 heavy (non-hydrogen) atoms. The number of carbonyl (C=O) groups excluding carboxylic acids is 2. The van der Waals surface area contributed by atoms with Crippen molar-refractivity contribution in [3.8, 4) is 23.3 Å². The Kier molecular flexibility index (Phi) is 8.42. The monoisotopic (exact) mass is 456 g/mol. The number of ether oxygens (including phenoxy) is 3. The quantitative estimate of drug-likeness (QED) is 0.224. The first-order valence-corrected chi connectivity index (χ1v) is 10.5. The van der Waals surface area contributed by atoms with Gasteiger partial charge in [0.15, 0.2) is 18.1 Å². The Hall–Kier alpha value is -4.57. The molecule has 3 rings (SSSR count). The lowest BCUT2D eigenvalue weighted by molar-refractivity contribution is -0.136. The van der Waals surface area contributed by atoms with Gasteiger partial charge in [-0.15, -0.1) is 0 Å². The number of amides is 1. The van der Waals surface area contributed by atoms with E-state index in [4.69, 9.17) is 14.2 Å². The lowest BCUT2D eigenvalue weighted by Crippen LogP contribution is -2.23. The molecule has 0 radical (unpaired) electrons. The summed E-state index contributed by atoms with van der Waals surface area (Å²) in [5, 5.41) is 12.2. The molecule has 0 saturated heterocycles. The third-order valence-electron chi connectivity index (χ3n) is 4.82. The van der Waals surface area contributed by atoms with E-state index in [0.717, 1.165) is 11.1 Å². The van der Waals surface area contributed by atoms with Gasteiger partial charge in [-0.05, 0) is 47.9 Å². The minimum atomic E-state index is -0.595. The summed E-state index contributed by atoms with van der Waals surface area (Å²) in [7, 11) is 1.43. The Morgan fingerprint density at radius 2 is 1.71 bits per heavy atom. The Labute approximate surface area is 198 Å². The minimum absolute atomic E-state index is 0.0608. The average Bonchev–Trinajstić information content (AvgIpc) is 2.86. The number of hydrogen-bond acceptors (Lipinski definition) is 6. The van der Waals surface area contributed by atoms with Gasteiger partial charge in [0, 0.05) is 6.54 Å². The number of aryl methyl sites for hydroxylation is 1. The van der Waals surface area contributed by atoms with E-state index in [1.807, 2.05) is 61.5 Å². The van der Waals surface area contributed by atoms with E-state index in [1.165, 1.54) is 19.3 Å². The van der Waals surface area contributed by atoms with Crippen LogP contribution in [-0.2, 0) is 16.1 Å². The Bertz CT molecular complexity index is 1230. The molecule has 1 amide bonds. The van der Waals surface area contributed by atoms with E-state index in [-0.39, 0.29) is 23.7 Å². The number of hydrogen-bond donors (Lipinski definition) is 1. The third kappa shape index (κ3) is 6.71. The lowest BCUT2D eigenvalue weighted by Gasteiger charge is -2.11. The molecular weight excluding hydrogens is 432 g/mol. The summed E-state index contributed by atoms with van der Waals surface area (Å²) in [4.78, 5) is 24.7. The molecule has 172 valence electrons. The van der Waals surface area contributed by atoms with Crippen LogP contribution in [0.15, 0.2) is 78.4 Å². The Morgan fingerprint density at radius 1 is 0.971 bits per heavy atom. The van der Waals surface area contributed by atoms with E-state index in [1.54, 1.807) is 18.2 Å². The van der Waals surface area contributed by atoms with Crippen molar-refractivity contribution in [1.82, 2.24) is 5.32 Å². The number of methoxy groups -OCH3 is 1. The van der Waals surface area contributed by atoms with E-state index in [2.05, 4.69) is 5.32 Å². The maximum atomic E-state index is 12.4. The van der Waals surface area contributed by atoms with Crippen LogP contribution >= 0.6 is 0 Å². The largest absolute Gasteiger partial charge is 0.493 e. The van der Waals surface area contributed by atoms with Crippen molar-refractivity contribution in [2.45, 2.75) is 13.5 Å². The summed E-state index contributed by atoms with van der Waals surface area (Å²) >= 11 is 0. The molecule has 0 heterocycles. The van der Waals surface area contributed by atoms with Gasteiger partial charge >= 0.3 is 5.97 Å². The predicted octanol–water partition coefficient (Wildman–Crippen LogP) is 4.21. The molecule has 1 N–H and O–H groups in total. The number of esters is 1. The number of rotatable bonds is 9. The van der Waals surface area contributed by atoms with Crippen molar-refractivity contribution >= 4 is 18.0 Å². The molecule has 7 heteroatoms. The second-order valence-electron chi connectivity index (χ2n) is 7.28. The smallest absolute Gasteiger partial charge is 0.349 e. The van der Waals surface area contributed by atoms with E-state index < -0.39 is 11.9 Å². The summed E-state index contributed by atoms with van der Waals surface area (Å²) in [5.74, 6) is -0.0106. The standard InChI is InChI=1S/C27H24N2O5/c1-19-8-6-7-11-23(19)33-18-26(30)34-24-13-12-21(15-25(24)32-2)14-22(16-28)27(31)29-17-20-9-4-3-5-10-20/h3-15H,17-18H2,1-2H3,(H,29,31)/b22-14+. The molecule has 7 nitrogen and oxygen atoms in total. The second kappa shape index (κ2) is 11.9. The zero-order chi connectivity index (χ0) is 24.3. The first-order chi connectivity index (χ1) is 16.5. The van der Waals surface area contributed by atoms with Gasteiger partial charge < -0.3 is 19.5 Å². The molecule has 0 atom stereocenters. The number of nitriles is 1. The van der Waals surface area contributed by atoms with Crippen LogP contribution in [0, 0.1) is 18.3 Å². The number of carbonyl (C=O) groups is 2. The van der Waals surface area contributed by atoms with Gasteiger partial charge in [-0.2, -0.15) is 5.26 Å². The molecule has 0 bridgehead atoms. The van der Waals surface area contributed by atoms with E-state index in [0.29, 0.717) is 17.9 Å². The normalized spacial score (nSPS) is 10.7. The first kappa shape index (κ1) is 24.1. The molecule has 0 aliphatic heterocycles. The summed E-state index contributed by atoms with van der Waals surface area (Å²) in [6, 6.07) is 23.4. The topological polar surface area (TPSA) is 97.6 Å². The van der Waals surface area contributed by atoms with Crippen molar-refractivity contribution in [2.24, 2.45) is 0 Å². The van der Waals surface area contributed by atoms with Gasteiger partial charge in [0.25, 0.3) is 5.91 Å². The van der Waals surface area contributed by atoms with E-state index >= 15 is 0 Å². The van der Waals surface area contributed by atoms with Crippen molar-refractivity contribution in [2.75, 3.05) is 13.7 Å². The number of nitrogens with zero attached hydrogens (tertiary/aromatic N) is 1. The van der Waals surface area contributed by atoms with Gasteiger partial charge in [0.2, 0.25) is 0 Å². The molecule has 0 aliphatic carbocycles. The maximum Gasteiger partial charge on any atom is 0.349 e. The molecule has 0 unspecified atom stereocenters. The molecule has 3 aromatic carbocycles. The van der Waals surface area contributed by atoms with Crippen molar-refractivity contribution in [3.63, 3.8) is 0 Å². The highest BCUT2D eigenvalue weighted by Crippen LogP contribution is 2.29. The van der Waals surface area contributed by atoms with Crippen LogP contribution in [0.3, 0.4) is 0 Å². The van der Waals surface area contributed by atoms with Crippen LogP contribution < -0.4 is 19.5 Å². The number of nitrogens with one attached hydrogen (secondary N) is 1. The van der Waals surface area contributed by atoms with Gasteiger partial charge in [-0.1, -0.05) is 54.6 Å². The Morgan fingerprint density at radius 3 is 2.41 bits per heavy atom. The fourth-order valence-corrected chi connectivity index (χ4v) is 3.05. The van der Waals surface area contributed by atoms with Crippen LogP contribution in [0.1, 0.15) is 16.7 Å². The van der Waals surface area contributed by atoms with Crippen LogP contribution in [0.4, 0.5) is 0 Å². The van der Waals surface area contributed by atoms with Crippen LogP contribution in [0.2, 0.25) is 0 Å². The summed E-state index contributed by atoms with van der Waals surface area (Å²) < 4.78 is 16.2. The summed E-state index contributed by atoms with van der Waals surface area (Å²) in [5.41, 5.74) is 2.31. The van der Waals surface area contributed by atoms with Crippen LogP contribution in [-0.4, -0.2) is 25.6 Å². The fraction of sp³-hybridized carbons (Fsp3) is 0.148. The van der Waals surface area contributed by atoms with Gasteiger partial charge in [0.1, 0.15) is 17.4 Å². The first-order valence-electron chi connectivity index (χ1n) is 10.5. The highest BCUT2D eigenvalue weighted by atomic mass is 16.6. The summed E-state index contributed by atoms with van der Waals surface area (Å²) in [6.07, 6.45) is 1.44. The number of benzene rings is 3. The molecular formula is C27H24N2O5. The second-order valence-corrected chi connectivity index (χ2v) is 7.28. The van der Waals surface area contributed by atoms with Crippen molar-refractivity contribution < 1.29 is 23.8 Å². The van der Waals surface area contributed by atoms with Crippen LogP contribution in [0.5, 0.6) is 17.2 Å². The predicted molar refractivity (Wildman–Crippen MR) is 127 cm³/mol. The Balaban J connectivity index is 1.65. The third-order valence-corrected chi connectivity index (χ3v) is 4.82. The SMILES string of the molecule is COc1cc(/C=C(\C#N)C(=O)NCc2ccccc2)ccc1OC(=O)COc1ccccc1C. The molecule has 0 fully saturated rings. The molecule has 0 saturated carbocycles. The highest BCUT2D eigenvalue weighted by molar-refractivity contribution is 6.01. The van der Waals surface area contributed by atoms with Gasteiger partial charge in [-0.25, -0.2) is 4.79 Å². The van der Waals surface area contributed by atoms with E-state index in [9.17, 15) is 14.9 Å². The maximum absolute atomic E-state index is 12.4. The van der Waals surface area contributed by atoms with Crippen LogP contribution in [0.25, 0.3) is 6.08 Å². The highest BCUT2D eigenvalue weighted by Gasteiger charge is 2.14. The van der Waals surface area contributed by atoms with Gasteiger partial charge in [0.05, 0.1) is 7.11 Å². The molecule has 3 aromatic rings. The molecule has 0 aromatic heterocycles. The minimum Gasteiger partial charge on any atom is -0.493 e. The fourth-order valence-electron chi connectivity index (χ4n) is 3.05.